The average molecular weight is 480 g/mol. The van der Waals surface area contributed by atoms with Gasteiger partial charge in [0.15, 0.2) is 0 Å². The van der Waals surface area contributed by atoms with Crippen LogP contribution in [0.2, 0.25) is 0 Å². The second-order valence-electron chi connectivity index (χ2n) is 8.25. The first-order valence-electron chi connectivity index (χ1n) is 11.3. The lowest BCUT2D eigenvalue weighted by molar-refractivity contribution is -0.140. The molecule has 1 aliphatic carbocycles. The van der Waals surface area contributed by atoms with Crippen molar-refractivity contribution in [3.63, 3.8) is 0 Å². The van der Waals surface area contributed by atoms with E-state index in [4.69, 9.17) is 9.47 Å². The van der Waals surface area contributed by atoms with E-state index in [9.17, 15) is 18.0 Å². The van der Waals surface area contributed by atoms with Crippen molar-refractivity contribution in [3.8, 4) is 5.75 Å². The molecule has 0 radical (unpaired) electrons. The quantitative estimate of drug-likeness (QED) is 0.435. The van der Waals surface area contributed by atoms with Gasteiger partial charge < -0.3 is 20.1 Å². The zero-order valence-electron chi connectivity index (χ0n) is 19.3. The van der Waals surface area contributed by atoms with Gasteiger partial charge in [-0.3, -0.25) is 9.59 Å². The van der Waals surface area contributed by atoms with Crippen molar-refractivity contribution in [1.29, 1.82) is 0 Å². The number of ether oxygens (including phenoxy) is 2. The number of allylic oxidation sites excluding steroid dienone is 1. The van der Waals surface area contributed by atoms with Crippen molar-refractivity contribution in [3.05, 3.63) is 35.4 Å². The highest BCUT2D eigenvalue weighted by atomic mass is 32.2. The Bertz CT molecular complexity index is 992. The first kappa shape index (κ1) is 25.2. The van der Waals surface area contributed by atoms with Gasteiger partial charge in [-0.25, -0.2) is 8.42 Å². The van der Waals surface area contributed by atoms with Crippen LogP contribution in [0, 0.1) is 6.92 Å². The van der Waals surface area contributed by atoms with Crippen LogP contribution in [0.5, 0.6) is 5.75 Å². The summed E-state index contributed by atoms with van der Waals surface area (Å²) < 4.78 is 38.5. The van der Waals surface area contributed by atoms with E-state index in [1.165, 1.54) is 29.5 Å². The maximum Gasteiger partial charge on any atom is 0.309 e. The van der Waals surface area contributed by atoms with Crippen LogP contribution in [0.1, 0.15) is 44.1 Å². The van der Waals surface area contributed by atoms with Crippen LogP contribution in [-0.4, -0.2) is 64.1 Å². The van der Waals surface area contributed by atoms with Crippen molar-refractivity contribution < 1.29 is 27.5 Å². The molecule has 1 saturated heterocycles. The summed E-state index contributed by atoms with van der Waals surface area (Å²) in [5.74, 6) is -0.944. The fraction of sp³-hybridized carbons (Fsp3) is 0.565. The molecule has 1 aromatic rings. The SMILES string of the molecule is COc1ccc(S(=O)(=O)N2CCCO[C@@H]2CNC(=O)C(=O)NCCC2=CCCCC2)cc1C. The van der Waals surface area contributed by atoms with Gasteiger partial charge in [-0.2, -0.15) is 4.31 Å². The first-order valence-corrected chi connectivity index (χ1v) is 12.8. The number of nitrogens with one attached hydrogen (secondary N) is 2. The molecule has 2 aliphatic rings. The zero-order valence-corrected chi connectivity index (χ0v) is 20.1. The molecule has 1 aliphatic heterocycles. The normalized spacial score (nSPS) is 19.5. The number of hydrogen-bond donors (Lipinski definition) is 2. The zero-order chi connectivity index (χ0) is 23.8. The summed E-state index contributed by atoms with van der Waals surface area (Å²) in [6, 6.07) is 4.64. The van der Waals surface area contributed by atoms with Crippen LogP contribution in [0.25, 0.3) is 0 Å². The Balaban J connectivity index is 1.56. The summed E-state index contributed by atoms with van der Waals surface area (Å²) in [5, 5.41) is 5.13. The minimum Gasteiger partial charge on any atom is -0.496 e. The highest BCUT2D eigenvalue weighted by molar-refractivity contribution is 7.89. The monoisotopic (exact) mass is 479 g/mol. The Morgan fingerprint density at radius 3 is 2.67 bits per heavy atom. The summed E-state index contributed by atoms with van der Waals surface area (Å²) in [6.07, 6.45) is 7.06. The number of hydrogen-bond acceptors (Lipinski definition) is 6. The smallest absolute Gasteiger partial charge is 0.309 e. The number of carbonyl (C=O) groups excluding carboxylic acids is 2. The average Bonchev–Trinajstić information content (AvgIpc) is 2.83. The predicted molar refractivity (Wildman–Crippen MR) is 123 cm³/mol. The Hall–Kier alpha value is -2.43. The molecule has 182 valence electrons. The van der Waals surface area contributed by atoms with Gasteiger partial charge in [0.1, 0.15) is 12.0 Å². The second kappa shape index (κ2) is 11.6. The van der Waals surface area contributed by atoms with Gasteiger partial charge in [0.2, 0.25) is 10.0 Å². The van der Waals surface area contributed by atoms with Gasteiger partial charge in [0.05, 0.1) is 25.2 Å². The van der Waals surface area contributed by atoms with Crippen LogP contribution >= 0.6 is 0 Å². The van der Waals surface area contributed by atoms with Gasteiger partial charge in [0.25, 0.3) is 0 Å². The number of rotatable bonds is 8. The van der Waals surface area contributed by atoms with Crippen molar-refractivity contribution in [2.45, 2.75) is 56.6 Å². The third-order valence-electron chi connectivity index (χ3n) is 5.89. The maximum absolute atomic E-state index is 13.2. The molecule has 2 N–H and O–H groups in total. The summed E-state index contributed by atoms with van der Waals surface area (Å²) in [6.45, 7) is 2.68. The lowest BCUT2D eigenvalue weighted by atomic mass is 9.97. The fourth-order valence-corrected chi connectivity index (χ4v) is 5.71. The van der Waals surface area contributed by atoms with Crippen LogP contribution < -0.4 is 15.4 Å². The highest BCUT2D eigenvalue weighted by Gasteiger charge is 2.35. The largest absolute Gasteiger partial charge is 0.496 e. The lowest BCUT2D eigenvalue weighted by Crippen LogP contribution is -2.53. The number of sulfonamides is 1. The van der Waals surface area contributed by atoms with E-state index in [1.54, 1.807) is 19.1 Å². The molecule has 9 nitrogen and oxygen atoms in total. The molecular formula is C23H33N3O6S. The van der Waals surface area contributed by atoms with E-state index in [0.717, 1.165) is 25.7 Å². The van der Waals surface area contributed by atoms with Gasteiger partial charge in [-0.15, -0.1) is 0 Å². The molecule has 1 fully saturated rings. The number of amides is 2. The molecule has 0 saturated carbocycles. The Kier molecular flexibility index (Phi) is 8.87. The van der Waals surface area contributed by atoms with E-state index in [0.29, 0.717) is 30.9 Å². The molecule has 10 heteroatoms. The minimum absolute atomic E-state index is 0.119. The maximum atomic E-state index is 13.2. The molecule has 1 aromatic carbocycles. The Morgan fingerprint density at radius 2 is 1.97 bits per heavy atom. The number of methoxy groups -OCH3 is 1. The summed E-state index contributed by atoms with van der Waals surface area (Å²) in [5.41, 5.74) is 2.01. The molecule has 1 heterocycles. The molecule has 0 aromatic heterocycles. The van der Waals surface area contributed by atoms with Gasteiger partial charge >= 0.3 is 11.8 Å². The van der Waals surface area contributed by atoms with E-state index in [-0.39, 0.29) is 18.0 Å². The number of carbonyl (C=O) groups is 2. The highest BCUT2D eigenvalue weighted by Crippen LogP contribution is 2.26. The van der Waals surface area contributed by atoms with Crippen LogP contribution in [0.15, 0.2) is 34.7 Å². The fourth-order valence-electron chi connectivity index (χ4n) is 4.06. The third-order valence-corrected chi connectivity index (χ3v) is 7.77. The second-order valence-corrected chi connectivity index (χ2v) is 10.1. The van der Waals surface area contributed by atoms with Gasteiger partial charge in [0, 0.05) is 13.1 Å². The summed E-state index contributed by atoms with van der Waals surface area (Å²) >= 11 is 0. The Morgan fingerprint density at radius 1 is 1.18 bits per heavy atom. The van der Waals surface area contributed by atoms with Crippen molar-refractivity contribution >= 4 is 21.8 Å². The van der Waals surface area contributed by atoms with E-state index >= 15 is 0 Å². The minimum atomic E-state index is -3.86. The van der Waals surface area contributed by atoms with Crippen molar-refractivity contribution in [2.75, 3.05) is 33.4 Å². The topological polar surface area (TPSA) is 114 Å². The lowest BCUT2D eigenvalue weighted by Gasteiger charge is -2.34. The van der Waals surface area contributed by atoms with Crippen LogP contribution in [0.4, 0.5) is 0 Å². The molecule has 2 amide bonds. The third kappa shape index (κ3) is 6.55. The molecule has 0 bridgehead atoms. The number of benzene rings is 1. The standard InChI is InChI=1S/C23H33N3O6S/c1-17-15-19(9-10-20(17)31-2)33(29,30)26-13-6-14-32-21(26)16-25-23(28)22(27)24-12-11-18-7-4-3-5-8-18/h7,9-10,15,21H,3-6,8,11-14,16H2,1-2H3,(H,24,27)(H,25,28)/t21-/m1/s1. The molecule has 33 heavy (non-hydrogen) atoms. The summed E-state index contributed by atoms with van der Waals surface area (Å²) in [7, 11) is -2.33. The van der Waals surface area contributed by atoms with Crippen molar-refractivity contribution in [2.24, 2.45) is 0 Å². The summed E-state index contributed by atoms with van der Waals surface area (Å²) in [4.78, 5) is 24.5. The molecule has 3 rings (SSSR count). The van der Waals surface area contributed by atoms with Crippen LogP contribution in [0.3, 0.4) is 0 Å². The number of aryl methyl sites for hydroxylation is 1. The van der Waals surface area contributed by atoms with Crippen LogP contribution in [-0.2, 0) is 24.3 Å². The van der Waals surface area contributed by atoms with Gasteiger partial charge in [-0.05, 0) is 69.2 Å². The molecular weight excluding hydrogens is 446 g/mol. The molecule has 0 spiro atoms. The van der Waals surface area contributed by atoms with Gasteiger partial charge in [-0.1, -0.05) is 11.6 Å². The van der Waals surface area contributed by atoms with E-state index in [1.807, 2.05) is 0 Å². The van der Waals surface area contributed by atoms with Crippen molar-refractivity contribution in [1.82, 2.24) is 14.9 Å². The first-order chi connectivity index (χ1) is 15.8. The predicted octanol–water partition coefficient (Wildman–Crippen LogP) is 1.86. The molecule has 0 unspecified atom stereocenters. The van der Waals surface area contributed by atoms with E-state index < -0.39 is 28.1 Å². The molecule has 1 atom stereocenters. The number of nitrogens with zero attached hydrogens (tertiary/aromatic N) is 1. The Labute approximate surface area is 195 Å². The van der Waals surface area contributed by atoms with E-state index in [2.05, 4.69) is 16.7 Å².